The number of aromatic nitrogens is 1. The summed E-state index contributed by atoms with van der Waals surface area (Å²) in [4.78, 5) is 2.38. The molecule has 0 amide bonds. The minimum absolute atomic E-state index is 0.335. The number of fused-ring (bicyclic) bond motifs is 3. The monoisotopic (exact) mass is 334 g/mol. The molecule has 1 aromatic heterocycles. The summed E-state index contributed by atoms with van der Waals surface area (Å²) in [5.41, 5.74) is 6.43. The smallest absolute Gasteiger partial charge is 0.0796 e. The Morgan fingerprint density at radius 2 is 1.88 bits per heavy atom. The largest absolute Gasteiger partial charge is 0.388 e. The molecule has 25 heavy (non-hydrogen) atoms. The molecule has 0 saturated carbocycles. The third-order valence-electron chi connectivity index (χ3n) is 5.55. The van der Waals surface area contributed by atoms with Crippen molar-refractivity contribution in [2.75, 3.05) is 13.6 Å². The highest BCUT2D eigenvalue weighted by Crippen LogP contribution is 2.39. The molecule has 2 atom stereocenters. The van der Waals surface area contributed by atoms with Gasteiger partial charge in [-0.1, -0.05) is 42.0 Å². The van der Waals surface area contributed by atoms with E-state index in [4.69, 9.17) is 0 Å². The third-order valence-corrected chi connectivity index (χ3v) is 5.55. The number of hydrogen-bond acceptors (Lipinski definition) is 2. The number of aliphatic hydroxyl groups excluding tert-OH is 1. The Morgan fingerprint density at radius 1 is 1.12 bits per heavy atom. The Hall–Kier alpha value is -2.10. The van der Waals surface area contributed by atoms with Gasteiger partial charge in [-0.25, -0.2) is 0 Å². The lowest BCUT2D eigenvalue weighted by molar-refractivity contribution is 0.141. The van der Waals surface area contributed by atoms with Crippen LogP contribution in [0.15, 0.2) is 48.5 Å². The van der Waals surface area contributed by atoms with Gasteiger partial charge in [-0.15, -0.1) is 0 Å². The van der Waals surface area contributed by atoms with Crippen LogP contribution in [0.5, 0.6) is 0 Å². The lowest BCUT2D eigenvalue weighted by atomic mass is 9.88. The predicted molar refractivity (Wildman–Crippen MR) is 103 cm³/mol. The quantitative estimate of drug-likeness (QED) is 0.780. The SMILES string of the molecule is Cc1ccc2c(c1)c1c(n2C)C(CC(O)c2ccccc2)CN(C)C1. The first-order chi connectivity index (χ1) is 12.0. The van der Waals surface area contributed by atoms with E-state index in [0.29, 0.717) is 5.92 Å². The highest BCUT2D eigenvalue weighted by Gasteiger charge is 2.30. The van der Waals surface area contributed by atoms with Crippen LogP contribution in [-0.4, -0.2) is 28.2 Å². The molecule has 1 N–H and O–H groups in total. The number of aliphatic hydroxyl groups is 1. The van der Waals surface area contributed by atoms with Crippen LogP contribution in [0.25, 0.3) is 10.9 Å². The van der Waals surface area contributed by atoms with Gasteiger partial charge < -0.3 is 14.6 Å². The van der Waals surface area contributed by atoms with Crippen molar-refractivity contribution in [2.24, 2.45) is 7.05 Å². The van der Waals surface area contributed by atoms with Gasteiger partial charge in [0.2, 0.25) is 0 Å². The van der Waals surface area contributed by atoms with Gasteiger partial charge in [0, 0.05) is 42.7 Å². The molecule has 0 aliphatic carbocycles. The van der Waals surface area contributed by atoms with Crippen LogP contribution >= 0.6 is 0 Å². The van der Waals surface area contributed by atoms with Crippen LogP contribution in [0.2, 0.25) is 0 Å². The maximum absolute atomic E-state index is 10.8. The fourth-order valence-electron chi connectivity index (χ4n) is 4.40. The van der Waals surface area contributed by atoms with Gasteiger partial charge in [-0.2, -0.15) is 0 Å². The van der Waals surface area contributed by atoms with Crippen LogP contribution in [0.4, 0.5) is 0 Å². The van der Waals surface area contributed by atoms with Crippen LogP contribution < -0.4 is 0 Å². The summed E-state index contributed by atoms with van der Waals surface area (Å²) >= 11 is 0. The van der Waals surface area contributed by atoms with E-state index in [-0.39, 0.29) is 0 Å². The highest BCUT2D eigenvalue weighted by atomic mass is 16.3. The fraction of sp³-hybridized carbons (Fsp3) is 0.364. The summed E-state index contributed by atoms with van der Waals surface area (Å²) in [6, 6.07) is 16.7. The summed E-state index contributed by atoms with van der Waals surface area (Å²) < 4.78 is 2.35. The molecule has 1 aliphatic heterocycles. The third kappa shape index (κ3) is 2.88. The molecule has 0 bridgehead atoms. The van der Waals surface area contributed by atoms with Crippen LogP contribution in [0, 0.1) is 6.92 Å². The Bertz CT molecular complexity index is 897. The highest BCUT2D eigenvalue weighted by molar-refractivity contribution is 5.86. The molecule has 2 unspecified atom stereocenters. The fourth-order valence-corrected chi connectivity index (χ4v) is 4.40. The van der Waals surface area contributed by atoms with Gasteiger partial charge in [0.05, 0.1) is 6.10 Å². The second-order valence-corrected chi connectivity index (χ2v) is 7.50. The summed E-state index contributed by atoms with van der Waals surface area (Å²) in [7, 11) is 4.35. The molecule has 2 heterocycles. The predicted octanol–water partition coefficient (Wildman–Crippen LogP) is 4.14. The van der Waals surface area contributed by atoms with Crippen LogP contribution in [-0.2, 0) is 13.6 Å². The van der Waals surface area contributed by atoms with E-state index < -0.39 is 6.10 Å². The van der Waals surface area contributed by atoms with Crippen molar-refractivity contribution in [2.45, 2.75) is 31.9 Å². The van der Waals surface area contributed by atoms with E-state index in [2.05, 4.69) is 48.7 Å². The lowest BCUT2D eigenvalue weighted by Crippen LogP contribution is -2.32. The molecule has 4 rings (SSSR count). The number of rotatable bonds is 3. The molecule has 0 saturated heterocycles. The molecule has 130 valence electrons. The van der Waals surface area contributed by atoms with Crippen molar-refractivity contribution in [1.29, 1.82) is 0 Å². The Morgan fingerprint density at radius 3 is 2.64 bits per heavy atom. The van der Waals surface area contributed by atoms with Crippen molar-refractivity contribution < 1.29 is 5.11 Å². The van der Waals surface area contributed by atoms with E-state index >= 15 is 0 Å². The molecular weight excluding hydrogens is 308 g/mol. The van der Waals surface area contributed by atoms with Crippen molar-refractivity contribution in [3.05, 3.63) is 70.9 Å². The lowest BCUT2D eigenvalue weighted by Gasteiger charge is -2.32. The van der Waals surface area contributed by atoms with E-state index in [9.17, 15) is 5.11 Å². The first kappa shape index (κ1) is 16.4. The Kier molecular flexibility index (Phi) is 4.14. The maximum Gasteiger partial charge on any atom is 0.0796 e. The molecule has 0 radical (unpaired) electrons. The second-order valence-electron chi connectivity index (χ2n) is 7.50. The van der Waals surface area contributed by atoms with Crippen molar-refractivity contribution in [3.8, 4) is 0 Å². The maximum atomic E-state index is 10.8. The number of benzene rings is 2. The first-order valence-electron chi connectivity index (χ1n) is 9.04. The Labute approximate surface area is 149 Å². The zero-order valence-electron chi connectivity index (χ0n) is 15.2. The van der Waals surface area contributed by atoms with E-state index in [1.807, 2.05) is 30.3 Å². The topological polar surface area (TPSA) is 28.4 Å². The van der Waals surface area contributed by atoms with Gasteiger partial charge >= 0.3 is 0 Å². The standard InChI is InChI=1S/C22H26N2O/c1-15-9-10-20-18(11-15)19-14-23(2)13-17(22(19)24(20)3)12-21(25)16-7-5-4-6-8-16/h4-11,17,21,25H,12-14H2,1-3H3. The molecule has 0 spiro atoms. The zero-order valence-corrected chi connectivity index (χ0v) is 15.2. The molecule has 3 nitrogen and oxygen atoms in total. The number of likely N-dealkylation sites (N-methyl/N-ethyl adjacent to an activating group) is 1. The average Bonchev–Trinajstić information content (AvgIpc) is 2.87. The van der Waals surface area contributed by atoms with Crippen molar-refractivity contribution in [1.82, 2.24) is 9.47 Å². The van der Waals surface area contributed by atoms with E-state index in [0.717, 1.165) is 25.1 Å². The molecule has 1 aliphatic rings. The number of hydrogen-bond donors (Lipinski definition) is 1. The Balaban J connectivity index is 1.75. The molecular formula is C22H26N2O. The van der Waals surface area contributed by atoms with Gasteiger partial charge in [-0.05, 0) is 43.7 Å². The molecule has 2 aromatic carbocycles. The average molecular weight is 334 g/mol. The normalized spacial score (nSPS) is 19.1. The minimum Gasteiger partial charge on any atom is -0.388 e. The minimum atomic E-state index is -0.426. The van der Waals surface area contributed by atoms with Crippen LogP contribution in [0.3, 0.4) is 0 Å². The summed E-state index contributed by atoms with van der Waals surface area (Å²) in [6.07, 6.45) is 0.329. The molecule has 0 fully saturated rings. The molecule has 3 aromatic rings. The van der Waals surface area contributed by atoms with Crippen LogP contribution in [0.1, 0.15) is 40.8 Å². The number of aryl methyl sites for hydroxylation is 2. The van der Waals surface area contributed by atoms with Gasteiger partial charge in [0.1, 0.15) is 0 Å². The van der Waals surface area contributed by atoms with E-state index in [1.165, 1.54) is 27.7 Å². The van der Waals surface area contributed by atoms with Gasteiger partial charge in [0.15, 0.2) is 0 Å². The van der Waals surface area contributed by atoms with Gasteiger partial charge in [0.25, 0.3) is 0 Å². The summed E-state index contributed by atoms with van der Waals surface area (Å²) in [5.74, 6) is 0.335. The molecule has 3 heteroatoms. The van der Waals surface area contributed by atoms with Gasteiger partial charge in [-0.3, -0.25) is 0 Å². The van der Waals surface area contributed by atoms with E-state index in [1.54, 1.807) is 0 Å². The van der Waals surface area contributed by atoms with Crippen molar-refractivity contribution >= 4 is 10.9 Å². The second kappa shape index (κ2) is 6.32. The summed E-state index contributed by atoms with van der Waals surface area (Å²) in [6.45, 7) is 4.12. The van der Waals surface area contributed by atoms with Crippen molar-refractivity contribution in [3.63, 3.8) is 0 Å². The zero-order chi connectivity index (χ0) is 17.6. The summed E-state index contributed by atoms with van der Waals surface area (Å²) in [5, 5.41) is 12.1. The number of nitrogens with zero attached hydrogens (tertiary/aromatic N) is 2. The first-order valence-corrected chi connectivity index (χ1v) is 9.04.